The minimum atomic E-state index is -3.09. The summed E-state index contributed by atoms with van der Waals surface area (Å²) in [6.07, 6.45) is 1.18. The lowest BCUT2D eigenvalue weighted by molar-refractivity contribution is 0.407. The van der Waals surface area contributed by atoms with E-state index in [1.807, 2.05) is 19.1 Å². The lowest BCUT2D eigenvalue weighted by Gasteiger charge is -2.15. The molecule has 0 bridgehead atoms. The maximum Gasteiger partial charge on any atom is 0.149 e. The molecule has 0 aliphatic carbocycles. The third-order valence-electron chi connectivity index (χ3n) is 2.27. The standard InChI is InChI=1S/C11H17NO3S/c1-8-4-5-11(15-2)9(6-8)10(12)7-16(3,13)14/h4-6,10H,7,12H2,1-3H3. The van der Waals surface area contributed by atoms with Crippen LogP contribution in [0, 0.1) is 6.92 Å². The quantitative estimate of drug-likeness (QED) is 0.858. The van der Waals surface area contributed by atoms with Crippen LogP contribution in [0.5, 0.6) is 5.75 Å². The van der Waals surface area contributed by atoms with E-state index in [9.17, 15) is 8.42 Å². The fourth-order valence-electron chi connectivity index (χ4n) is 1.56. The van der Waals surface area contributed by atoms with Crippen molar-refractivity contribution < 1.29 is 13.2 Å². The Hall–Kier alpha value is -1.07. The van der Waals surface area contributed by atoms with Gasteiger partial charge >= 0.3 is 0 Å². The molecule has 1 rings (SSSR count). The molecule has 2 N–H and O–H groups in total. The van der Waals surface area contributed by atoms with E-state index in [-0.39, 0.29) is 5.75 Å². The minimum absolute atomic E-state index is 0.0766. The van der Waals surface area contributed by atoms with Crippen LogP contribution in [0.25, 0.3) is 0 Å². The highest BCUT2D eigenvalue weighted by Crippen LogP contribution is 2.25. The predicted octanol–water partition coefficient (Wildman–Crippen LogP) is 1.05. The maximum atomic E-state index is 11.2. The summed E-state index contributed by atoms with van der Waals surface area (Å²) in [7, 11) is -1.55. The summed E-state index contributed by atoms with van der Waals surface area (Å²) >= 11 is 0. The Morgan fingerprint density at radius 1 is 1.44 bits per heavy atom. The van der Waals surface area contributed by atoms with Gasteiger partial charge in [-0.2, -0.15) is 0 Å². The van der Waals surface area contributed by atoms with E-state index in [1.165, 1.54) is 6.26 Å². The van der Waals surface area contributed by atoms with Crippen molar-refractivity contribution in [3.05, 3.63) is 29.3 Å². The van der Waals surface area contributed by atoms with Gasteiger partial charge in [-0.1, -0.05) is 17.7 Å². The first-order valence-electron chi connectivity index (χ1n) is 4.91. The van der Waals surface area contributed by atoms with E-state index >= 15 is 0 Å². The number of benzene rings is 1. The van der Waals surface area contributed by atoms with Crippen LogP contribution in [-0.4, -0.2) is 27.5 Å². The Morgan fingerprint density at radius 3 is 2.56 bits per heavy atom. The van der Waals surface area contributed by atoms with Crippen molar-refractivity contribution in [2.45, 2.75) is 13.0 Å². The molecule has 0 radical (unpaired) electrons. The van der Waals surface area contributed by atoms with Crippen LogP contribution in [0.15, 0.2) is 18.2 Å². The fraction of sp³-hybridized carbons (Fsp3) is 0.455. The number of aryl methyl sites for hydroxylation is 1. The molecule has 5 heteroatoms. The molecule has 1 unspecified atom stereocenters. The zero-order valence-corrected chi connectivity index (χ0v) is 10.5. The van der Waals surface area contributed by atoms with E-state index < -0.39 is 15.9 Å². The largest absolute Gasteiger partial charge is 0.496 e. The Morgan fingerprint density at radius 2 is 2.06 bits per heavy atom. The van der Waals surface area contributed by atoms with Crippen LogP contribution < -0.4 is 10.5 Å². The van der Waals surface area contributed by atoms with Gasteiger partial charge in [-0.15, -0.1) is 0 Å². The molecule has 0 saturated carbocycles. The Bertz CT molecular complexity index is 468. The van der Waals surface area contributed by atoms with Gasteiger partial charge in [0.15, 0.2) is 0 Å². The second kappa shape index (κ2) is 4.84. The normalized spacial score (nSPS) is 13.5. The first-order valence-corrected chi connectivity index (χ1v) is 6.97. The van der Waals surface area contributed by atoms with Crippen molar-refractivity contribution in [1.82, 2.24) is 0 Å². The summed E-state index contributed by atoms with van der Waals surface area (Å²) in [6.45, 7) is 1.93. The van der Waals surface area contributed by atoms with Crippen molar-refractivity contribution in [2.24, 2.45) is 5.73 Å². The van der Waals surface area contributed by atoms with Gasteiger partial charge in [-0.3, -0.25) is 0 Å². The molecular weight excluding hydrogens is 226 g/mol. The molecular formula is C11H17NO3S. The van der Waals surface area contributed by atoms with E-state index in [0.717, 1.165) is 11.1 Å². The molecule has 0 amide bonds. The van der Waals surface area contributed by atoms with E-state index in [4.69, 9.17) is 10.5 Å². The summed E-state index contributed by atoms with van der Waals surface area (Å²) in [6, 6.07) is 5.00. The van der Waals surface area contributed by atoms with E-state index in [0.29, 0.717) is 5.75 Å². The van der Waals surface area contributed by atoms with Gasteiger partial charge in [-0.25, -0.2) is 8.42 Å². The molecule has 0 aromatic heterocycles. The second-order valence-electron chi connectivity index (χ2n) is 3.94. The number of nitrogens with two attached hydrogens (primary N) is 1. The topological polar surface area (TPSA) is 69.4 Å². The number of methoxy groups -OCH3 is 1. The number of ether oxygens (including phenoxy) is 1. The molecule has 0 saturated heterocycles. The molecule has 0 aliphatic rings. The molecule has 1 aromatic carbocycles. The Kier molecular flexibility index (Phi) is 3.93. The number of hydrogen-bond donors (Lipinski definition) is 1. The molecule has 1 aromatic rings. The zero-order valence-electron chi connectivity index (χ0n) is 9.73. The zero-order chi connectivity index (χ0) is 12.3. The van der Waals surface area contributed by atoms with Gasteiger partial charge in [0.1, 0.15) is 15.6 Å². The van der Waals surface area contributed by atoms with Crippen LogP contribution in [0.3, 0.4) is 0 Å². The van der Waals surface area contributed by atoms with Crippen molar-refractivity contribution in [2.75, 3.05) is 19.1 Å². The van der Waals surface area contributed by atoms with Gasteiger partial charge in [0.25, 0.3) is 0 Å². The fourth-order valence-corrected chi connectivity index (χ4v) is 2.39. The predicted molar refractivity (Wildman–Crippen MR) is 64.4 cm³/mol. The number of sulfone groups is 1. The minimum Gasteiger partial charge on any atom is -0.496 e. The summed E-state index contributed by atoms with van der Waals surface area (Å²) in [5, 5.41) is 0. The van der Waals surface area contributed by atoms with Gasteiger partial charge < -0.3 is 10.5 Å². The molecule has 90 valence electrons. The van der Waals surface area contributed by atoms with Crippen molar-refractivity contribution in [1.29, 1.82) is 0 Å². The third kappa shape index (κ3) is 3.50. The average molecular weight is 243 g/mol. The van der Waals surface area contributed by atoms with Crippen molar-refractivity contribution in [3.63, 3.8) is 0 Å². The number of hydrogen-bond acceptors (Lipinski definition) is 4. The van der Waals surface area contributed by atoms with Crippen LogP contribution >= 0.6 is 0 Å². The monoisotopic (exact) mass is 243 g/mol. The Balaban J connectivity index is 3.06. The van der Waals surface area contributed by atoms with Crippen molar-refractivity contribution in [3.8, 4) is 5.75 Å². The third-order valence-corrected chi connectivity index (χ3v) is 3.23. The summed E-state index contributed by atoms with van der Waals surface area (Å²) in [4.78, 5) is 0. The molecule has 0 fully saturated rings. The van der Waals surface area contributed by atoms with Crippen LogP contribution in [0.2, 0.25) is 0 Å². The highest BCUT2D eigenvalue weighted by atomic mass is 32.2. The highest BCUT2D eigenvalue weighted by Gasteiger charge is 2.16. The molecule has 0 heterocycles. The lowest BCUT2D eigenvalue weighted by Crippen LogP contribution is -2.21. The van der Waals surface area contributed by atoms with Gasteiger partial charge in [0.05, 0.1) is 12.9 Å². The first kappa shape index (κ1) is 13.0. The molecule has 0 spiro atoms. The first-order chi connectivity index (χ1) is 7.33. The SMILES string of the molecule is COc1ccc(C)cc1C(N)CS(C)(=O)=O. The molecule has 0 aliphatic heterocycles. The van der Waals surface area contributed by atoms with Gasteiger partial charge in [-0.05, 0) is 13.0 Å². The van der Waals surface area contributed by atoms with Crippen LogP contribution in [-0.2, 0) is 9.84 Å². The van der Waals surface area contributed by atoms with Gasteiger partial charge in [0.2, 0.25) is 0 Å². The molecule has 16 heavy (non-hydrogen) atoms. The van der Waals surface area contributed by atoms with E-state index in [2.05, 4.69) is 0 Å². The highest BCUT2D eigenvalue weighted by molar-refractivity contribution is 7.90. The Labute approximate surface area is 96.3 Å². The molecule has 4 nitrogen and oxygen atoms in total. The van der Waals surface area contributed by atoms with Gasteiger partial charge in [0, 0.05) is 17.9 Å². The summed E-state index contributed by atoms with van der Waals surface area (Å²) in [5.41, 5.74) is 7.62. The second-order valence-corrected chi connectivity index (χ2v) is 6.13. The van der Waals surface area contributed by atoms with Crippen molar-refractivity contribution >= 4 is 9.84 Å². The molecule has 1 atom stereocenters. The maximum absolute atomic E-state index is 11.2. The lowest BCUT2D eigenvalue weighted by atomic mass is 10.1. The van der Waals surface area contributed by atoms with Crippen LogP contribution in [0.1, 0.15) is 17.2 Å². The van der Waals surface area contributed by atoms with E-state index in [1.54, 1.807) is 13.2 Å². The number of rotatable bonds is 4. The van der Waals surface area contributed by atoms with Crippen LogP contribution in [0.4, 0.5) is 0 Å². The average Bonchev–Trinajstić information content (AvgIpc) is 2.15. The summed E-state index contributed by atoms with van der Waals surface area (Å²) in [5.74, 6) is 0.550. The summed E-state index contributed by atoms with van der Waals surface area (Å²) < 4.78 is 27.5. The smallest absolute Gasteiger partial charge is 0.149 e.